The van der Waals surface area contributed by atoms with E-state index in [1.807, 2.05) is 12.1 Å². The number of nitrogens with zero attached hydrogens (tertiary/aromatic N) is 3. The Morgan fingerprint density at radius 3 is 2.45 bits per heavy atom. The van der Waals surface area contributed by atoms with E-state index in [0.717, 1.165) is 29.6 Å². The van der Waals surface area contributed by atoms with Gasteiger partial charge in [-0.1, -0.05) is 31.0 Å². The van der Waals surface area contributed by atoms with Crippen LogP contribution in [0.1, 0.15) is 62.4 Å². The Balaban J connectivity index is 1.35. The second-order valence-electron chi connectivity index (χ2n) is 8.30. The van der Waals surface area contributed by atoms with Crippen molar-refractivity contribution in [3.63, 3.8) is 0 Å². The highest BCUT2D eigenvalue weighted by Crippen LogP contribution is 2.34. The van der Waals surface area contributed by atoms with Gasteiger partial charge < -0.3 is 14.8 Å². The molecular formula is C23H32N4OS. The topological polar surface area (TPSA) is 50.2 Å². The number of rotatable bonds is 6. The van der Waals surface area contributed by atoms with Gasteiger partial charge >= 0.3 is 0 Å². The Hall–Kier alpha value is -1.95. The molecule has 1 amide bonds. The van der Waals surface area contributed by atoms with Crippen molar-refractivity contribution in [2.24, 2.45) is 0 Å². The number of amides is 1. The average molecular weight is 413 g/mol. The van der Waals surface area contributed by atoms with Crippen LogP contribution in [0.4, 0.5) is 11.4 Å². The minimum Gasteiger partial charge on any atom is -0.372 e. The van der Waals surface area contributed by atoms with E-state index in [9.17, 15) is 4.79 Å². The lowest BCUT2D eigenvalue weighted by molar-refractivity contribution is -0.113. The Kier molecular flexibility index (Phi) is 6.48. The van der Waals surface area contributed by atoms with Crippen molar-refractivity contribution in [2.75, 3.05) is 29.1 Å². The fourth-order valence-electron chi connectivity index (χ4n) is 4.53. The van der Waals surface area contributed by atoms with Crippen LogP contribution < -0.4 is 10.2 Å². The molecule has 1 saturated heterocycles. The van der Waals surface area contributed by atoms with Gasteiger partial charge in [0.2, 0.25) is 5.91 Å². The van der Waals surface area contributed by atoms with Crippen LogP contribution in [0.3, 0.4) is 0 Å². The number of carbonyl (C=O) groups is 1. The maximum Gasteiger partial charge on any atom is 0.234 e. The maximum atomic E-state index is 12.5. The van der Waals surface area contributed by atoms with Crippen LogP contribution in [-0.4, -0.2) is 34.3 Å². The quantitative estimate of drug-likeness (QED) is 0.651. The molecule has 1 aliphatic heterocycles. The van der Waals surface area contributed by atoms with Gasteiger partial charge in [0.25, 0.3) is 0 Å². The standard InChI is InChI=1S/C23H32N4OS/c1-17-18(2)27(21-8-4-3-5-9-21)23(24-17)29-16-22(28)25-19-10-12-20(13-11-19)26-14-6-7-15-26/h10-13,21H,3-9,14-16H2,1-2H3,(H,25,28). The summed E-state index contributed by atoms with van der Waals surface area (Å²) in [5.74, 6) is 0.411. The van der Waals surface area contributed by atoms with E-state index in [0.29, 0.717) is 11.8 Å². The van der Waals surface area contributed by atoms with Crippen LogP contribution in [0, 0.1) is 13.8 Å². The molecule has 1 aromatic heterocycles. The largest absolute Gasteiger partial charge is 0.372 e. The van der Waals surface area contributed by atoms with E-state index < -0.39 is 0 Å². The zero-order valence-electron chi connectivity index (χ0n) is 17.6. The first-order valence-corrected chi connectivity index (χ1v) is 11.9. The molecule has 2 aromatic rings. The molecule has 0 radical (unpaired) electrons. The lowest BCUT2D eigenvalue weighted by atomic mass is 9.95. The molecule has 1 aromatic carbocycles. The smallest absolute Gasteiger partial charge is 0.234 e. The van der Waals surface area contributed by atoms with Gasteiger partial charge in [-0.05, 0) is 63.8 Å². The van der Waals surface area contributed by atoms with Gasteiger partial charge in [0, 0.05) is 36.2 Å². The van der Waals surface area contributed by atoms with Crippen LogP contribution in [0.5, 0.6) is 0 Å². The summed E-state index contributed by atoms with van der Waals surface area (Å²) in [7, 11) is 0. The molecule has 1 N–H and O–H groups in total. The number of aromatic nitrogens is 2. The van der Waals surface area contributed by atoms with E-state index in [-0.39, 0.29) is 5.91 Å². The molecule has 1 aliphatic carbocycles. The molecule has 2 heterocycles. The summed E-state index contributed by atoms with van der Waals surface area (Å²) in [5, 5.41) is 4.03. The first kappa shape index (κ1) is 20.3. The monoisotopic (exact) mass is 412 g/mol. The normalized spacial score (nSPS) is 17.7. The number of benzene rings is 1. The molecule has 2 fully saturated rings. The molecule has 5 nitrogen and oxygen atoms in total. The number of hydrogen-bond acceptors (Lipinski definition) is 4. The predicted octanol–water partition coefficient (Wildman–Crippen LogP) is 5.34. The number of aryl methyl sites for hydroxylation is 1. The third-order valence-electron chi connectivity index (χ3n) is 6.25. The van der Waals surface area contributed by atoms with E-state index in [4.69, 9.17) is 4.98 Å². The van der Waals surface area contributed by atoms with Crippen LogP contribution in [0.2, 0.25) is 0 Å². The highest BCUT2D eigenvalue weighted by atomic mass is 32.2. The van der Waals surface area contributed by atoms with Crippen LogP contribution in [0.15, 0.2) is 29.4 Å². The van der Waals surface area contributed by atoms with Gasteiger partial charge in [-0.3, -0.25) is 4.79 Å². The maximum absolute atomic E-state index is 12.5. The third-order valence-corrected chi connectivity index (χ3v) is 7.20. The second-order valence-corrected chi connectivity index (χ2v) is 9.25. The fraction of sp³-hybridized carbons (Fsp3) is 0.565. The summed E-state index contributed by atoms with van der Waals surface area (Å²) in [4.78, 5) is 19.7. The van der Waals surface area contributed by atoms with Crippen molar-refractivity contribution in [1.29, 1.82) is 0 Å². The molecule has 2 aliphatic rings. The van der Waals surface area contributed by atoms with Crippen molar-refractivity contribution >= 4 is 29.0 Å². The Labute approximate surface area is 178 Å². The number of imidazole rings is 1. The Bertz CT molecular complexity index is 833. The summed E-state index contributed by atoms with van der Waals surface area (Å²) >= 11 is 1.56. The molecular weight excluding hydrogens is 380 g/mol. The lowest BCUT2D eigenvalue weighted by Crippen LogP contribution is -2.18. The molecule has 156 valence electrons. The second kappa shape index (κ2) is 9.24. The summed E-state index contributed by atoms with van der Waals surface area (Å²) in [6, 6.07) is 8.77. The van der Waals surface area contributed by atoms with Gasteiger partial charge in [-0.2, -0.15) is 0 Å². The highest BCUT2D eigenvalue weighted by Gasteiger charge is 2.22. The summed E-state index contributed by atoms with van der Waals surface area (Å²) in [6.45, 7) is 6.49. The summed E-state index contributed by atoms with van der Waals surface area (Å²) in [6.07, 6.45) is 8.90. The Morgan fingerprint density at radius 2 is 1.76 bits per heavy atom. The minimum absolute atomic E-state index is 0.0254. The van der Waals surface area contributed by atoms with Crippen molar-refractivity contribution in [3.8, 4) is 0 Å². The number of nitrogens with one attached hydrogen (secondary N) is 1. The SMILES string of the molecule is Cc1nc(SCC(=O)Nc2ccc(N3CCCC3)cc2)n(C2CCCCC2)c1C. The van der Waals surface area contributed by atoms with Crippen LogP contribution >= 0.6 is 11.8 Å². The zero-order chi connectivity index (χ0) is 20.2. The molecule has 6 heteroatoms. The van der Waals surface area contributed by atoms with Gasteiger partial charge in [0.15, 0.2) is 5.16 Å². The van der Waals surface area contributed by atoms with Crippen molar-refractivity contribution < 1.29 is 4.79 Å². The first-order chi connectivity index (χ1) is 14.1. The van der Waals surface area contributed by atoms with Gasteiger partial charge in [0.1, 0.15) is 0 Å². The van der Waals surface area contributed by atoms with Crippen LogP contribution in [0.25, 0.3) is 0 Å². The third kappa shape index (κ3) is 4.80. The lowest BCUT2D eigenvalue weighted by Gasteiger charge is -2.26. The van der Waals surface area contributed by atoms with Crippen molar-refractivity contribution in [1.82, 2.24) is 9.55 Å². The molecule has 0 atom stereocenters. The molecule has 29 heavy (non-hydrogen) atoms. The highest BCUT2D eigenvalue weighted by molar-refractivity contribution is 7.99. The van der Waals surface area contributed by atoms with Crippen molar-refractivity contribution in [3.05, 3.63) is 35.7 Å². The van der Waals surface area contributed by atoms with E-state index in [1.54, 1.807) is 11.8 Å². The van der Waals surface area contributed by atoms with E-state index in [1.165, 1.54) is 56.3 Å². The molecule has 1 saturated carbocycles. The summed E-state index contributed by atoms with van der Waals surface area (Å²) < 4.78 is 2.39. The zero-order valence-corrected chi connectivity index (χ0v) is 18.4. The minimum atomic E-state index is 0.0254. The average Bonchev–Trinajstić information content (AvgIpc) is 3.37. The van der Waals surface area contributed by atoms with Crippen LogP contribution in [-0.2, 0) is 4.79 Å². The van der Waals surface area contributed by atoms with E-state index >= 15 is 0 Å². The summed E-state index contributed by atoms with van der Waals surface area (Å²) in [5.41, 5.74) is 4.44. The molecule has 0 spiro atoms. The number of thioether (sulfide) groups is 1. The van der Waals surface area contributed by atoms with Gasteiger partial charge in [-0.25, -0.2) is 4.98 Å². The van der Waals surface area contributed by atoms with Gasteiger partial charge in [0.05, 0.1) is 11.4 Å². The number of hydrogen-bond donors (Lipinski definition) is 1. The van der Waals surface area contributed by atoms with E-state index in [2.05, 4.69) is 40.8 Å². The first-order valence-electron chi connectivity index (χ1n) is 10.9. The fourth-order valence-corrected chi connectivity index (χ4v) is 5.48. The Morgan fingerprint density at radius 1 is 1.07 bits per heavy atom. The molecule has 4 rings (SSSR count). The van der Waals surface area contributed by atoms with Crippen molar-refractivity contribution in [2.45, 2.75) is 70.0 Å². The molecule has 0 unspecified atom stereocenters. The van der Waals surface area contributed by atoms with Gasteiger partial charge in [-0.15, -0.1) is 0 Å². The number of carbonyl (C=O) groups excluding carboxylic acids is 1. The molecule has 0 bridgehead atoms. The number of anilines is 2. The predicted molar refractivity (Wildman–Crippen MR) is 121 cm³/mol.